The number of ether oxygens (including phenoxy) is 1. The van der Waals surface area contributed by atoms with Crippen molar-refractivity contribution in [2.45, 2.75) is 0 Å². The number of nitrogens with zero attached hydrogens (tertiary/aromatic N) is 1. The van der Waals surface area contributed by atoms with Gasteiger partial charge in [-0.05, 0) is 30.3 Å². The van der Waals surface area contributed by atoms with Crippen LogP contribution in [-0.4, -0.2) is 24.0 Å². The number of hydrogen-bond acceptors (Lipinski definition) is 6. The third kappa shape index (κ3) is 3.27. The third-order valence-corrected chi connectivity index (χ3v) is 2.73. The lowest BCUT2D eigenvalue weighted by molar-refractivity contribution is 0.0594. The van der Waals surface area contributed by atoms with Crippen molar-refractivity contribution in [1.82, 2.24) is 4.98 Å². The van der Waals surface area contributed by atoms with Crippen LogP contribution in [0.25, 0.3) is 0 Å². The van der Waals surface area contributed by atoms with Gasteiger partial charge in [0.2, 0.25) is 5.91 Å². The summed E-state index contributed by atoms with van der Waals surface area (Å²) in [5.41, 5.74) is 12.4. The number of hydrogen-bond donors (Lipinski definition) is 3. The number of esters is 1. The molecule has 7 heteroatoms. The van der Waals surface area contributed by atoms with Crippen LogP contribution in [0.5, 0.6) is 0 Å². The van der Waals surface area contributed by atoms with Gasteiger partial charge in [0, 0.05) is 11.3 Å². The Hall–Kier alpha value is -3.09. The lowest BCUT2D eigenvalue weighted by atomic mass is 10.2. The molecule has 1 heterocycles. The lowest BCUT2D eigenvalue weighted by Gasteiger charge is -2.10. The van der Waals surface area contributed by atoms with E-state index in [1.807, 2.05) is 0 Å². The first-order valence-corrected chi connectivity index (χ1v) is 6.03. The van der Waals surface area contributed by atoms with Crippen molar-refractivity contribution in [3.8, 4) is 0 Å². The molecule has 0 spiro atoms. The Kier molecular flexibility index (Phi) is 4.03. The number of nitrogens with one attached hydrogen (secondary N) is 1. The summed E-state index contributed by atoms with van der Waals surface area (Å²) in [6, 6.07) is 9.55. The van der Waals surface area contributed by atoms with Gasteiger partial charge in [0.15, 0.2) is 11.5 Å². The molecule has 0 unspecified atom stereocenters. The van der Waals surface area contributed by atoms with Crippen molar-refractivity contribution in [3.05, 3.63) is 47.7 Å². The van der Waals surface area contributed by atoms with E-state index >= 15 is 0 Å². The number of pyridine rings is 1. The summed E-state index contributed by atoms with van der Waals surface area (Å²) in [6.45, 7) is 0. The number of nitrogens with two attached hydrogens (primary N) is 2. The number of carbonyl (C=O) groups is 2. The minimum atomic E-state index is -0.566. The van der Waals surface area contributed by atoms with Crippen LogP contribution >= 0.6 is 0 Å². The molecule has 0 fully saturated rings. The molecule has 2 rings (SSSR count). The van der Waals surface area contributed by atoms with Crippen LogP contribution in [0.4, 0.5) is 17.2 Å². The van der Waals surface area contributed by atoms with Gasteiger partial charge in [-0.3, -0.25) is 4.79 Å². The maximum atomic E-state index is 11.5. The van der Waals surface area contributed by atoms with Crippen molar-refractivity contribution in [2.75, 3.05) is 18.2 Å². The topological polar surface area (TPSA) is 120 Å². The zero-order valence-electron chi connectivity index (χ0n) is 11.3. The third-order valence-electron chi connectivity index (χ3n) is 2.73. The summed E-state index contributed by atoms with van der Waals surface area (Å²) in [7, 11) is 1.27. The van der Waals surface area contributed by atoms with Crippen LogP contribution in [0.3, 0.4) is 0 Å². The SMILES string of the molecule is COC(=O)c1ccc(N)c(Nc2cccc(C(N)=O)c2)n1. The Bertz CT molecular complexity index is 700. The van der Waals surface area contributed by atoms with E-state index in [1.54, 1.807) is 30.3 Å². The fourth-order valence-corrected chi connectivity index (χ4v) is 1.68. The molecular formula is C14H14N4O3. The quantitative estimate of drug-likeness (QED) is 0.728. The van der Waals surface area contributed by atoms with Gasteiger partial charge in [0.1, 0.15) is 0 Å². The van der Waals surface area contributed by atoms with Crippen molar-refractivity contribution < 1.29 is 14.3 Å². The molecule has 108 valence electrons. The zero-order valence-corrected chi connectivity index (χ0v) is 11.3. The molecule has 0 bridgehead atoms. The molecule has 0 saturated heterocycles. The highest BCUT2D eigenvalue weighted by atomic mass is 16.5. The van der Waals surface area contributed by atoms with E-state index in [2.05, 4.69) is 15.0 Å². The second-order valence-corrected chi connectivity index (χ2v) is 4.20. The van der Waals surface area contributed by atoms with Crippen molar-refractivity contribution in [2.24, 2.45) is 5.73 Å². The fraction of sp³-hybridized carbons (Fsp3) is 0.0714. The van der Waals surface area contributed by atoms with Crippen LogP contribution < -0.4 is 16.8 Å². The number of aromatic nitrogens is 1. The van der Waals surface area contributed by atoms with Gasteiger partial charge < -0.3 is 21.5 Å². The highest BCUT2D eigenvalue weighted by Crippen LogP contribution is 2.22. The van der Waals surface area contributed by atoms with E-state index in [4.69, 9.17) is 11.5 Å². The molecule has 2 aromatic rings. The molecule has 21 heavy (non-hydrogen) atoms. The smallest absolute Gasteiger partial charge is 0.356 e. The van der Waals surface area contributed by atoms with E-state index in [-0.39, 0.29) is 5.69 Å². The van der Waals surface area contributed by atoms with E-state index in [9.17, 15) is 9.59 Å². The minimum Gasteiger partial charge on any atom is -0.464 e. The highest BCUT2D eigenvalue weighted by Gasteiger charge is 2.11. The minimum absolute atomic E-state index is 0.125. The van der Waals surface area contributed by atoms with Crippen LogP contribution in [0.15, 0.2) is 36.4 Å². The second kappa shape index (κ2) is 5.91. The summed E-state index contributed by atoms with van der Waals surface area (Å²) in [5.74, 6) is -0.814. The first-order chi connectivity index (χ1) is 10.0. The molecule has 1 aromatic heterocycles. The van der Waals surface area contributed by atoms with Gasteiger partial charge in [0.25, 0.3) is 0 Å². The molecule has 0 atom stereocenters. The van der Waals surface area contributed by atoms with Crippen LogP contribution in [0.2, 0.25) is 0 Å². The van der Waals surface area contributed by atoms with Gasteiger partial charge >= 0.3 is 5.97 Å². The molecule has 0 saturated carbocycles. The van der Waals surface area contributed by atoms with Gasteiger partial charge in [-0.15, -0.1) is 0 Å². The Morgan fingerprint density at radius 3 is 2.67 bits per heavy atom. The largest absolute Gasteiger partial charge is 0.464 e. The van der Waals surface area contributed by atoms with E-state index in [0.29, 0.717) is 22.8 Å². The number of rotatable bonds is 4. The maximum Gasteiger partial charge on any atom is 0.356 e. The second-order valence-electron chi connectivity index (χ2n) is 4.20. The summed E-state index contributed by atoms with van der Waals surface area (Å²) in [5, 5.41) is 2.94. The van der Waals surface area contributed by atoms with Crippen LogP contribution in [0.1, 0.15) is 20.8 Å². The van der Waals surface area contributed by atoms with Crippen molar-refractivity contribution in [3.63, 3.8) is 0 Å². The number of carbonyl (C=O) groups excluding carboxylic acids is 2. The molecule has 1 amide bonds. The molecule has 7 nitrogen and oxygen atoms in total. The number of methoxy groups -OCH3 is 1. The van der Waals surface area contributed by atoms with Crippen molar-refractivity contribution >= 4 is 29.1 Å². The highest BCUT2D eigenvalue weighted by molar-refractivity contribution is 5.94. The summed E-state index contributed by atoms with van der Waals surface area (Å²) in [6.07, 6.45) is 0. The van der Waals surface area contributed by atoms with Gasteiger partial charge in [-0.2, -0.15) is 0 Å². The Balaban J connectivity index is 2.32. The summed E-state index contributed by atoms with van der Waals surface area (Å²) < 4.78 is 4.60. The van der Waals surface area contributed by atoms with E-state index < -0.39 is 11.9 Å². The Morgan fingerprint density at radius 2 is 2.00 bits per heavy atom. The molecule has 0 aliphatic carbocycles. The molecule has 0 aliphatic heterocycles. The predicted molar refractivity (Wildman–Crippen MR) is 78.2 cm³/mol. The van der Waals surface area contributed by atoms with Crippen LogP contribution in [0, 0.1) is 0 Å². The Labute approximate surface area is 120 Å². The lowest BCUT2D eigenvalue weighted by Crippen LogP contribution is -2.11. The van der Waals surface area contributed by atoms with Crippen LogP contribution in [-0.2, 0) is 4.74 Å². The first kappa shape index (κ1) is 14.3. The Morgan fingerprint density at radius 1 is 1.24 bits per heavy atom. The molecule has 1 aromatic carbocycles. The zero-order chi connectivity index (χ0) is 15.4. The van der Waals surface area contributed by atoms with E-state index in [0.717, 1.165) is 0 Å². The standard InChI is InChI=1S/C14H14N4O3/c1-21-14(20)11-6-5-10(15)13(18-11)17-9-4-2-3-8(7-9)12(16)19/h2-7H,15H2,1H3,(H2,16,19)(H,17,18). The average molecular weight is 286 g/mol. The normalized spacial score (nSPS) is 9.95. The van der Waals surface area contributed by atoms with Gasteiger partial charge in [0.05, 0.1) is 12.8 Å². The predicted octanol–water partition coefficient (Wildman–Crippen LogP) is 1.29. The number of amides is 1. The monoisotopic (exact) mass is 286 g/mol. The molecular weight excluding hydrogens is 272 g/mol. The molecule has 0 radical (unpaired) electrons. The maximum absolute atomic E-state index is 11.5. The fourth-order valence-electron chi connectivity index (χ4n) is 1.68. The summed E-state index contributed by atoms with van der Waals surface area (Å²) >= 11 is 0. The number of nitrogen functional groups attached to an aromatic ring is 1. The first-order valence-electron chi connectivity index (χ1n) is 6.03. The van der Waals surface area contributed by atoms with Gasteiger partial charge in [-0.25, -0.2) is 9.78 Å². The van der Waals surface area contributed by atoms with Gasteiger partial charge in [-0.1, -0.05) is 6.07 Å². The number of anilines is 3. The average Bonchev–Trinajstić information content (AvgIpc) is 2.49. The summed E-state index contributed by atoms with van der Waals surface area (Å²) in [4.78, 5) is 26.7. The number of benzene rings is 1. The molecule has 5 N–H and O–H groups in total. The molecule has 0 aliphatic rings. The van der Waals surface area contributed by atoms with E-state index in [1.165, 1.54) is 13.2 Å². The van der Waals surface area contributed by atoms with Crippen molar-refractivity contribution in [1.29, 1.82) is 0 Å². The number of primary amides is 1.